The summed E-state index contributed by atoms with van der Waals surface area (Å²) in [6.45, 7) is 6.19. The molecule has 2 aliphatic rings. The fourth-order valence-corrected chi connectivity index (χ4v) is 2.38. The number of hydrogen-bond acceptors (Lipinski definition) is 3. The van der Waals surface area contributed by atoms with E-state index in [9.17, 15) is 4.79 Å². The first-order valence-electron chi connectivity index (χ1n) is 6.14. The number of likely N-dealkylation sites (tertiary alicyclic amines) is 1. The van der Waals surface area contributed by atoms with E-state index in [1.54, 1.807) is 4.90 Å². The first-order valence-corrected chi connectivity index (χ1v) is 6.14. The highest BCUT2D eigenvalue weighted by molar-refractivity contribution is 5.67. The minimum absolute atomic E-state index is 0.199. The predicted molar refractivity (Wildman–Crippen MR) is 62.3 cm³/mol. The average molecular weight is 226 g/mol. The maximum Gasteiger partial charge on any atom is 0.409 e. The summed E-state index contributed by atoms with van der Waals surface area (Å²) in [5.74, 6) is 0. The topological polar surface area (TPSA) is 41.6 Å². The van der Waals surface area contributed by atoms with E-state index in [2.05, 4.69) is 19.2 Å². The Hall–Kier alpha value is -0.770. The lowest BCUT2D eigenvalue weighted by Gasteiger charge is -2.24. The number of rotatable bonds is 3. The van der Waals surface area contributed by atoms with Gasteiger partial charge >= 0.3 is 6.09 Å². The van der Waals surface area contributed by atoms with Crippen LogP contribution in [0.2, 0.25) is 0 Å². The van der Waals surface area contributed by atoms with Gasteiger partial charge in [-0.25, -0.2) is 4.79 Å². The molecule has 4 nitrogen and oxygen atoms in total. The molecule has 92 valence electrons. The summed E-state index contributed by atoms with van der Waals surface area (Å²) in [5.41, 5.74) is 0.499. The summed E-state index contributed by atoms with van der Waals surface area (Å²) in [6.07, 6.45) is 3.49. The second-order valence-electron chi connectivity index (χ2n) is 5.44. The number of nitrogens with zero attached hydrogens (tertiary/aromatic N) is 1. The maximum absolute atomic E-state index is 11.3. The summed E-state index contributed by atoms with van der Waals surface area (Å²) in [6, 6.07) is 0.988. The molecule has 2 unspecified atom stereocenters. The van der Waals surface area contributed by atoms with Crippen LogP contribution in [0.25, 0.3) is 0 Å². The van der Waals surface area contributed by atoms with E-state index in [4.69, 9.17) is 4.74 Å². The van der Waals surface area contributed by atoms with Crippen LogP contribution in [0.1, 0.15) is 33.1 Å². The molecule has 0 aromatic rings. The van der Waals surface area contributed by atoms with Gasteiger partial charge < -0.3 is 15.0 Å². The van der Waals surface area contributed by atoms with Crippen molar-refractivity contribution >= 4 is 6.09 Å². The zero-order valence-corrected chi connectivity index (χ0v) is 10.5. The zero-order chi connectivity index (χ0) is 11.8. The van der Waals surface area contributed by atoms with Crippen molar-refractivity contribution in [1.29, 1.82) is 0 Å². The summed E-state index contributed by atoms with van der Waals surface area (Å²) in [7, 11) is 1.44. The Morgan fingerprint density at radius 1 is 1.56 bits per heavy atom. The molecule has 1 heterocycles. The van der Waals surface area contributed by atoms with Gasteiger partial charge in [0.15, 0.2) is 0 Å². The zero-order valence-electron chi connectivity index (χ0n) is 10.5. The predicted octanol–water partition coefficient (Wildman–Crippen LogP) is 1.61. The standard InChI is InChI=1S/C12H22N2O2/c1-9(12(2)5-6-12)13-10-4-7-14(8-10)11(15)16-3/h9-10,13H,4-8H2,1-3H3. The van der Waals surface area contributed by atoms with Crippen molar-refractivity contribution in [2.24, 2.45) is 5.41 Å². The Morgan fingerprint density at radius 3 is 2.81 bits per heavy atom. The van der Waals surface area contributed by atoms with Crippen LogP contribution in [0.3, 0.4) is 0 Å². The lowest BCUT2D eigenvalue weighted by atomic mass is 10.00. The fraction of sp³-hybridized carbons (Fsp3) is 0.917. The number of carbonyl (C=O) groups excluding carboxylic acids is 1. The first kappa shape index (κ1) is 11.7. The molecule has 0 aromatic heterocycles. The van der Waals surface area contributed by atoms with E-state index in [1.807, 2.05) is 0 Å². The smallest absolute Gasteiger partial charge is 0.409 e. The van der Waals surface area contributed by atoms with Crippen LogP contribution in [0.4, 0.5) is 4.79 Å². The van der Waals surface area contributed by atoms with Crippen LogP contribution in [-0.2, 0) is 4.74 Å². The van der Waals surface area contributed by atoms with Gasteiger partial charge in [-0.05, 0) is 31.6 Å². The van der Waals surface area contributed by atoms with Gasteiger partial charge in [-0.1, -0.05) is 6.92 Å². The van der Waals surface area contributed by atoms with Crippen LogP contribution in [0.15, 0.2) is 0 Å². The third-order valence-corrected chi connectivity index (χ3v) is 4.19. The van der Waals surface area contributed by atoms with E-state index in [0.717, 1.165) is 19.5 Å². The number of hydrogen-bond donors (Lipinski definition) is 1. The molecule has 2 atom stereocenters. The summed E-state index contributed by atoms with van der Waals surface area (Å²) in [4.78, 5) is 13.1. The van der Waals surface area contributed by atoms with Gasteiger partial charge in [0.1, 0.15) is 0 Å². The van der Waals surface area contributed by atoms with Crippen LogP contribution < -0.4 is 5.32 Å². The molecule has 0 aromatic carbocycles. The summed E-state index contributed by atoms with van der Waals surface area (Å²) < 4.78 is 4.73. The van der Waals surface area contributed by atoms with Crippen molar-refractivity contribution in [3.8, 4) is 0 Å². The van der Waals surface area contributed by atoms with E-state index < -0.39 is 0 Å². The average Bonchev–Trinajstić information content (AvgIpc) is 2.86. The van der Waals surface area contributed by atoms with Gasteiger partial charge in [-0.3, -0.25) is 0 Å². The molecule has 1 N–H and O–H groups in total. The normalized spacial score (nSPS) is 28.9. The van der Waals surface area contributed by atoms with E-state index >= 15 is 0 Å². The van der Waals surface area contributed by atoms with Crippen LogP contribution in [-0.4, -0.2) is 43.3 Å². The summed E-state index contributed by atoms with van der Waals surface area (Å²) in [5, 5.41) is 3.64. The Labute approximate surface area is 97.3 Å². The highest BCUT2D eigenvalue weighted by Gasteiger charge is 2.43. The SMILES string of the molecule is COC(=O)N1CCC(NC(C)C2(C)CC2)C1. The van der Waals surface area contributed by atoms with E-state index in [0.29, 0.717) is 17.5 Å². The van der Waals surface area contributed by atoms with Crippen molar-refractivity contribution in [3.63, 3.8) is 0 Å². The number of methoxy groups -OCH3 is 1. The van der Waals surface area contributed by atoms with Gasteiger partial charge in [-0.2, -0.15) is 0 Å². The third-order valence-electron chi connectivity index (χ3n) is 4.19. The van der Waals surface area contributed by atoms with Crippen molar-refractivity contribution in [3.05, 3.63) is 0 Å². The Balaban J connectivity index is 1.78. The third kappa shape index (κ3) is 2.32. The van der Waals surface area contributed by atoms with Crippen LogP contribution in [0, 0.1) is 5.41 Å². The number of amides is 1. The van der Waals surface area contributed by atoms with E-state index in [-0.39, 0.29) is 6.09 Å². The van der Waals surface area contributed by atoms with Gasteiger partial charge in [0, 0.05) is 25.2 Å². The molecule has 2 rings (SSSR count). The highest BCUT2D eigenvalue weighted by Crippen LogP contribution is 2.48. The molecule has 1 aliphatic carbocycles. The molecule has 2 fully saturated rings. The Kier molecular flexibility index (Phi) is 3.10. The molecule has 0 bridgehead atoms. The van der Waals surface area contributed by atoms with Crippen LogP contribution >= 0.6 is 0 Å². The quantitative estimate of drug-likeness (QED) is 0.795. The Bertz CT molecular complexity index is 276. The molecule has 0 spiro atoms. The van der Waals surface area contributed by atoms with E-state index in [1.165, 1.54) is 20.0 Å². The fourth-order valence-electron chi connectivity index (χ4n) is 2.38. The van der Waals surface area contributed by atoms with Gasteiger partial charge in [-0.15, -0.1) is 0 Å². The second-order valence-corrected chi connectivity index (χ2v) is 5.44. The molecule has 1 saturated carbocycles. The van der Waals surface area contributed by atoms with Gasteiger partial charge in [0.05, 0.1) is 7.11 Å². The Morgan fingerprint density at radius 2 is 2.25 bits per heavy atom. The van der Waals surface area contributed by atoms with Crippen molar-refractivity contribution in [2.75, 3.05) is 20.2 Å². The molecular formula is C12H22N2O2. The highest BCUT2D eigenvalue weighted by atomic mass is 16.5. The minimum atomic E-state index is -0.199. The van der Waals surface area contributed by atoms with Crippen molar-refractivity contribution in [1.82, 2.24) is 10.2 Å². The number of nitrogens with one attached hydrogen (secondary N) is 1. The monoisotopic (exact) mass is 226 g/mol. The lowest BCUT2D eigenvalue weighted by Crippen LogP contribution is -2.43. The molecule has 16 heavy (non-hydrogen) atoms. The molecule has 4 heteroatoms. The molecule has 0 radical (unpaired) electrons. The van der Waals surface area contributed by atoms with Gasteiger partial charge in [0.25, 0.3) is 0 Å². The van der Waals surface area contributed by atoms with Crippen LogP contribution in [0.5, 0.6) is 0 Å². The van der Waals surface area contributed by atoms with Crippen molar-refractivity contribution in [2.45, 2.75) is 45.2 Å². The summed E-state index contributed by atoms with van der Waals surface area (Å²) >= 11 is 0. The molecular weight excluding hydrogens is 204 g/mol. The first-order chi connectivity index (χ1) is 7.55. The lowest BCUT2D eigenvalue weighted by molar-refractivity contribution is 0.131. The van der Waals surface area contributed by atoms with Crippen molar-refractivity contribution < 1.29 is 9.53 Å². The molecule has 1 aliphatic heterocycles. The maximum atomic E-state index is 11.3. The second kappa shape index (κ2) is 4.24. The van der Waals surface area contributed by atoms with Gasteiger partial charge in [0.2, 0.25) is 0 Å². The largest absolute Gasteiger partial charge is 0.453 e. The number of ether oxygens (including phenoxy) is 1. The minimum Gasteiger partial charge on any atom is -0.453 e. The molecule has 1 amide bonds. The molecule has 1 saturated heterocycles. The number of carbonyl (C=O) groups is 1.